The molecule has 3 aromatic rings. The Kier molecular flexibility index (Phi) is 6.59. The molecule has 1 heterocycles. The van der Waals surface area contributed by atoms with Crippen LogP contribution in [0.1, 0.15) is 84.7 Å². The van der Waals surface area contributed by atoms with Crippen molar-refractivity contribution in [3.63, 3.8) is 0 Å². The molecule has 0 radical (unpaired) electrons. The third kappa shape index (κ3) is 4.61. The number of Topliss-reactive ketones (excluding diaryl/α,β-unsaturated/α-hetero) is 1. The number of H-pyrrole nitrogens is 1. The lowest BCUT2D eigenvalue weighted by atomic mass is 9.87. The summed E-state index contributed by atoms with van der Waals surface area (Å²) in [5, 5.41) is 0.701. The van der Waals surface area contributed by atoms with Crippen LogP contribution in [0.15, 0.2) is 54.9 Å². The number of aromatic nitrogens is 2. The summed E-state index contributed by atoms with van der Waals surface area (Å²) >= 11 is 2.04. The number of carbonyl (C=O) groups is 1. The minimum absolute atomic E-state index is 0.267. The van der Waals surface area contributed by atoms with Gasteiger partial charge in [-0.3, -0.25) is 4.79 Å². The van der Waals surface area contributed by atoms with Crippen LogP contribution in [0, 0.1) is 0 Å². The summed E-state index contributed by atoms with van der Waals surface area (Å²) in [6.07, 6.45) is 12.7. The van der Waals surface area contributed by atoms with Gasteiger partial charge in [-0.15, -0.1) is 0 Å². The maximum absolute atomic E-state index is 12.7. The lowest BCUT2D eigenvalue weighted by molar-refractivity contribution is 0.0971. The molecule has 2 aliphatic carbocycles. The van der Waals surface area contributed by atoms with Crippen LogP contribution in [0.3, 0.4) is 0 Å². The van der Waals surface area contributed by atoms with Crippen LogP contribution in [-0.4, -0.2) is 21.0 Å². The Hall–Kier alpha value is -2.53. The zero-order valence-electron chi connectivity index (χ0n) is 19.3. The van der Waals surface area contributed by atoms with Crippen LogP contribution < -0.4 is 4.74 Å². The van der Waals surface area contributed by atoms with Gasteiger partial charge in [0.25, 0.3) is 0 Å². The lowest BCUT2D eigenvalue weighted by Gasteiger charge is -2.32. The smallest absolute Gasteiger partial charge is 0.188 e. The summed E-state index contributed by atoms with van der Waals surface area (Å²) in [6, 6.07) is 14.2. The minimum atomic E-state index is -0.762. The summed E-state index contributed by atoms with van der Waals surface area (Å²) in [5.41, 5.74) is 3.57. The van der Waals surface area contributed by atoms with Gasteiger partial charge in [0.15, 0.2) is 17.2 Å². The second kappa shape index (κ2) is 9.76. The molecule has 0 aliphatic heterocycles. The number of ketones is 1. The van der Waals surface area contributed by atoms with E-state index in [-0.39, 0.29) is 5.78 Å². The van der Waals surface area contributed by atoms with Gasteiger partial charge in [-0.25, -0.2) is 4.98 Å². The number of imidazole rings is 1. The first kappa shape index (κ1) is 22.3. The van der Waals surface area contributed by atoms with Gasteiger partial charge in [-0.1, -0.05) is 49.6 Å². The van der Waals surface area contributed by atoms with Crippen LogP contribution in [0.4, 0.5) is 0 Å². The highest BCUT2D eigenvalue weighted by Crippen LogP contribution is 2.41. The van der Waals surface area contributed by atoms with Gasteiger partial charge in [0, 0.05) is 46.5 Å². The first-order chi connectivity index (χ1) is 16.1. The van der Waals surface area contributed by atoms with Crippen molar-refractivity contribution in [3.05, 3.63) is 82.9 Å². The fourth-order valence-corrected chi connectivity index (χ4v) is 6.60. The van der Waals surface area contributed by atoms with E-state index in [2.05, 4.69) is 29.0 Å². The average molecular weight is 461 g/mol. The van der Waals surface area contributed by atoms with Crippen LogP contribution in [0.25, 0.3) is 0 Å². The highest BCUT2D eigenvalue weighted by Gasteiger charge is 2.35. The number of nitrogens with zero attached hydrogens (tertiary/aromatic N) is 1. The number of ether oxygens (including phenoxy) is 1. The number of carbonyl (C=O) groups excluding carboxylic acids is 1. The summed E-state index contributed by atoms with van der Waals surface area (Å²) in [6.45, 7) is 2.07. The predicted octanol–water partition coefficient (Wildman–Crippen LogP) is 6.84. The zero-order valence-corrected chi connectivity index (χ0v) is 20.1. The number of thioether (sulfide) groups is 1. The van der Waals surface area contributed by atoms with Gasteiger partial charge < -0.3 is 9.72 Å². The molecular formula is C28H32N2O2S. The van der Waals surface area contributed by atoms with Crippen molar-refractivity contribution in [2.45, 2.75) is 74.9 Å². The Morgan fingerprint density at radius 1 is 1.06 bits per heavy atom. The van der Waals surface area contributed by atoms with Crippen molar-refractivity contribution in [1.29, 1.82) is 0 Å². The van der Waals surface area contributed by atoms with Crippen LogP contribution in [0.5, 0.6) is 5.75 Å². The van der Waals surface area contributed by atoms with Crippen molar-refractivity contribution < 1.29 is 9.53 Å². The molecule has 5 heteroatoms. The summed E-state index contributed by atoms with van der Waals surface area (Å²) in [4.78, 5) is 20.5. The molecule has 1 fully saturated rings. The van der Waals surface area contributed by atoms with E-state index in [4.69, 9.17) is 4.74 Å². The van der Waals surface area contributed by atoms with Gasteiger partial charge in [0.2, 0.25) is 0 Å². The molecule has 0 amide bonds. The van der Waals surface area contributed by atoms with Crippen molar-refractivity contribution in [3.8, 4) is 5.75 Å². The highest BCUT2D eigenvalue weighted by atomic mass is 32.2. The predicted molar refractivity (Wildman–Crippen MR) is 134 cm³/mol. The van der Waals surface area contributed by atoms with E-state index in [9.17, 15) is 4.79 Å². The molecule has 0 bridgehead atoms. The standard InChI is InChI=1S/C28H32N2O2S/c1-28(27-29-17-18-30-27,20-9-4-2-5-10-20)32-26-16-15-23-22(13-8-14-25(23)31)24(26)19-33-21-11-6-3-7-12-21/h2,4-5,9-10,15-18,21H,3,6-8,11-14,19H2,1H3,(H,29,30)/t28-/m0/s1. The lowest BCUT2D eigenvalue weighted by Crippen LogP contribution is -2.33. The first-order valence-corrected chi connectivity index (χ1v) is 13.2. The van der Waals surface area contributed by atoms with Crippen molar-refractivity contribution in [2.75, 3.05) is 0 Å². The Morgan fingerprint density at radius 2 is 1.88 bits per heavy atom. The molecule has 1 aromatic heterocycles. The quantitative estimate of drug-likeness (QED) is 0.419. The van der Waals surface area contributed by atoms with Gasteiger partial charge in [0.1, 0.15) is 5.75 Å². The maximum Gasteiger partial charge on any atom is 0.188 e. The Bertz CT molecular complexity index is 1090. The van der Waals surface area contributed by atoms with Crippen LogP contribution in [0.2, 0.25) is 0 Å². The molecule has 0 unspecified atom stereocenters. The van der Waals surface area contributed by atoms with Crippen molar-refractivity contribution in [1.82, 2.24) is 9.97 Å². The SMILES string of the molecule is C[C@](Oc1ccc2c(c1CSC1CCCCC1)CCCC2=O)(c1ccccc1)c1ncc[nH]1. The molecule has 172 valence electrons. The molecule has 2 aliphatic rings. The van der Waals surface area contributed by atoms with Gasteiger partial charge in [-0.2, -0.15) is 11.8 Å². The van der Waals surface area contributed by atoms with E-state index in [0.29, 0.717) is 11.7 Å². The van der Waals surface area contributed by atoms with E-state index < -0.39 is 5.60 Å². The molecule has 33 heavy (non-hydrogen) atoms. The van der Waals surface area contributed by atoms with Crippen molar-refractivity contribution in [2.24, 2.45) is 0 Å². The third-order valence-electron chi connectivity index (χ3n) is 7.12. The summed E-state index contributed by atoms with van der Waals surface area (Å²) in [7, 11) is 0. The molecule has 2 aromatic carbocycles. The fraction of sp³-hybridized carbons (Fsp3) is 0.429. The topological polar surface area (TPSA) is 55.0 Å². The largest absolute Gasteiger partial charge is 0.475 e. The maximum atomic E-state index is 12.7. The van der Waals surface area contributed by atoms with Gasteiger partial charge in [-0.05, 0) is 50.3 Å². The Labute approximate surface area is 200 Å². The minimum Gasteiger partial charge on any atom is -0.475 e. The average Bonchev–Trinajstić information content (AvgIpc) is 3.40. The number of hydrogen-bond donors (Lipinski definition) is 1. The monoisotopic (exact) mass is 460 g/mol. The number of benzene rings is 2. The summed E-state index contributed by atoms with van der Waals surface area (Å²) < 4.78 is 6.89. The molecule has 1 atom stereocenters. The fourth-order valence-electron chi connectivity index (χ4n) is 5.21. The molecular weight excluding hydrogens is 428 g/mol. The zero-order chi connectivity index (χ0) is 22.7. The number of fused-ring (bicyclic) bond motifs is 1. The van der Waals surface area contributed by atoms with E-state index in [1.807, 2.05) is 48.3 Å². The van der Waals surface area contributed by atoms with E-state index in [1.54, 1.807) is 6.20 Å². The summed E-state index contributed by atoms with van der Waals surface area (Å²) in [5.74, 6) is 2.80. The highest BCUT2D eigenvalue weighted by molar-refractivity contribution is 7.99. The van der Waals surface area contributed by atoms with E-state index in [1.165, 1.54) is 43.2 Å². The van der Waals surface area contributed by atoms with Crippen molar-refractivity contribution >= 4 is 17.5 Å². The van der Waals surface area contributed by atoms with E-state index in [0.717, 1.165) is 41.3 Å². The molecule has 4 nitrogen and oxygen atoms in total. The molecule has 0 saturated heterocycles. The number of rotatable bonds is 7. The second-order valence-corrected chi connectivity index (χ2v) is 10.6. The van der Waals surface area contributed by atoms with E-state index >= 15 is 0 Å². The number of nitrogens with one attached hydrogen (secondary N) is 1. The Balaban J connectivity index is 1.54. The second-order valence-electron chi connectivity index (χ2n) is 9.36. The molecule has 1 N–H and O–H groups in total. The number of aromatic amines is 1. The van der Waals surface area contributed by atoms with Gasteiger partial charge in [0.05, 0.1) is 0 Å². The molecule has 0 spiro atoms. The van der Waals surface area contributed by atoms with Crippen LogP contribution >= 0.6 is 11.8 Å². The van der Waals surface area contributed by atoms with Gasteiger partial charge >= 0.3 is 0 Å². The molecule has 5 rings (SSSR count). The normalized spacial score (nSPS) is 18.5. The first-order valence-electron chi connectivity index (χ1n) is 12.2. The number of hydrogen-bond acceptors (Lipinski definition) is 4. The van der Waals surface area contributed by atoms with Crippen LogP contribution in [-0.2, 0) is 17.8 Å². The molecule has 1 saturated carbocycles. The Morgan fingerprint density at radius 3 is 2.64 bits per heavy atom. The third-order valence-corrected chi connectivity index (χ3v) is 8.52.